The van der Waals surface area contributed by atoms with Gasteiger partial charge in [0.25, 0.3) is 0 Å². The van der Waals surface area contributed by atoms with Crippen molar-refractivity contribution in [3.63, 3.8) is 0 Å². The molecule has 0 radical (unpaired) electrons. The van der Waals surface area contributed by atoms with Crippen LogP contribution in [0.25, 0.3) is 0 Å². The number of nitrogens with two attached hydrogens (primary N) is 1. The van der Waals surface area contributed by atoms with Gasteiger partial charge >= 0.3 is 5.97 Å². The summed E-state index contributed by atoms with van der Waals surface area (Å²) in [5, 5.41) is 0. The summed E-state index contributed by atoms with van der Waals surface area (Å²) >= 11 is 0. The Morgan fingerprint density at radius 3 is 2.41 bits per heavy atom. The molecule has 2 N–H and O–H groups in total. The van der Waals surface area contributed by atoms with Crippen LogP contribution in [0.5, 0.6) is 0 Å². The molecule has 98 valence electrons. The van der Waals surface area contributed by atoms with E-state index in [2.05, 4.69) is 6.58 Å². The van der Waals surface area contributed by atoms with E-state index >= 15 is 0 Å². The molecule has 0 fully saturated rings. The lowest BCUT2D eigenvalue weighted by molar-refractivity contribution is -0.145. The van der Waals surface area contributed by atoms with E-state index < -0.39 is 17.4 Å². The Bertz CT molecular complexity index is 297. The van der Waals surface area contributed by atoms with Crippen molar-refractivity contribution < 1.29 is 19.1 Å². The van der Waals surface area contributed by atoms with Crippen LogP contribution in [-0.2, 0) is 19.1 Å². The molecule has 0 spiro atoms. The van der Waals surface area contributed by atoms with E-state index in [1.807, 2.05) is 0 Å². The Morgan fingerprint density at radius 2 is 1.94 bits per heavy atom. The van der Waals surface area contributed by atoms with Crippen molar-refractivity contribution in [3.05, 3.63) is 12.2 Å². The van der Waals surface area contributed by atoms with E-state index in [4.69, 9.17) is 15.2 Å². The van der Waals surface area contributed by atoms with E-state index in [1.54, 1.807) is 20.8 Å². The average Bonchev–Trinajstić information content (AvgIpc) is 2.27. The van der Waals surface area contributed by atoms with Crippen LogP contribution in [0.15, 0.2) is 12.2 Å². The van der Waals surface area contributed by atoms with E-state index in [0.717, 1.165) is 0 Å². The molecule has 0 atom stereocenters. The molecule has 17 heavy (non-hydrogen) atoms. The molecule has 0 aromatic heterocycles. The molecule has 0 saturated heterocycles. The number of carbonyl (C=O) groups is 2. The third-order valence-corrected chi connectivity index (χ3v) is 2.15. The lowest BCUT2D eigenvalue weighted by Crippen LogP contribution is -2.38. The van der Waals surface area contributed by atoms with Gasteiger partial charge in [-0.3, -0.25) is 4.79 Å². The van der Waals surface area contributed by atoms with Gasteiger partial charge in [0, 0.05) is 6.61 Å². The van der Waals surface area contributed by atoms with E-state index in [9.17, 15) is 9.59 Å². The van der Waals surface area contributed by atoms with Crippen molar-refractivity contribution in [3.8, 4) is 0 Å². The van der Waals surface area contributed by atoms with Gasteiger partial charge in [0.05, 0.1) is 12.2 Å². The lowest BCUT2D eigenvalue weighted by atomic mass is 9.97. The maximum absolute atomic E-state index is 11.9. The summed E-state index contributed by atoms with van der Waals surface area (Å²) in [6.07, 6.45) is 0.655. The summed E-state index contributed by atoms with van der Waals surface area (Å²) in [6.45, 7) is 9.35. The minimum atomic E-state index is -1.08. The number of hydrogen-bond donors (Lipinski definition) is 1. The van der Waals surface area contributed by atoms with Crippen LogP contribution >= 0.6 is 0 Å². The van der Waals surface area contributed by atoms with Crippen LogP contribution in [0.3, 0.4) is 0 Å². The Morgan fingerprint density at radius 1 is 1.35 bits per heavy atom. The first-order chi connectivity index (χ1) is 7.86. The highest BCUT2D eigenvalue weighted by Crippen LogP contribution is 2.16. The van der Waals surface area contributed by atoms with E-state index in [-0.39, 0.29) is 12.2 Å². The largest absolute Gasteiger partial charge is 0.462 e. The Kier molecular flexibility index (Phi) is 6.68. The van der Waals surface area contributed by atoms with Crippen LogP contribution in [0, 0.1) is 0 Å². The van der Waals surface area contributed by atoms with Crippen molar-refractivity contribution in [2.75, 3.05) is 19.8 Å². The van der Waals surface area contributed by atoms with Crippen LogP contribution in [-0.4, -0.2) is 37.1 Å². The maximum Gasteiger partial charge on any atom is 0.341 e. The minimum absolute atomic E-state index is 0.190. The molecule has 5 heteroatoms. The number of ether oxygens (including phenoxy) is 2. The summed E-state index contributed by atoms with van der Waals surface area (Å²) in [5.74, 6) is -1.17. The van der Waals surface area contributed by atoms with Crippen LogP contribution in [0.1, 0.15) is 27.2 Å². The molecule has 0 rings (SSSR count). The first-order valence-electron chi connectivity index (χ1n) is 5.61. The second-order valence-corrected chi connectivity index (χ2v) is 4.03. The summed E-state index contributed by atoms with van der Waals surface area (Å²) in [6, 6.07) is 0. The zero-order chi connectivity index (χ0) is 13.5. The van der Waals surface area contributed by atoms with Gasteiger partial charge in [-0.1, -0.05) is 6.58 Å². The molecule has 0 saturated carbocycles. The fraction of sp³-hybridized carbons (Fsp3) is 0.667. The third-order valence-electron chi connectivity index (χ3n) is 2.15. The second-order valence-electron chi connectivity index (χ2n) is 4.03. The van der Waals surface area contributed by atoms with Gasteiger partial charge in [-0.25, -0.2) is 4.79 Å². The van der Waals surface area contributed by atoms with Gasteiger partial charge in [-0.2, -0.15) is 0 Å². The smallest absolute Gasteiger partial charge is 0.341 e. The van der Waals surface area contributed by atoms with Crippen molar-refractivity contribution in [2.24, 2.45) is 5.73 Å². The first-order valence-corrected chi connectivity index (χ1v) is 5.61. The number of esters is 1. The Hall–Kier alpha value is -1.20. The predicted octanol–water partition coefficient (Wildman–Crippen LogP) is 0.819. The van der Waals surface area contributed by atoms with Crippen molar-refractivity contribution >= 4 is 11.8 Å². The molecular weight excluding hydrogens is 222 g/mol. The predicted molar refractivity (Wildman–Crippen MR) is 64.5 cm³/mol. The van der Waals surface area contributed by atoms with Gasteiger partial charge in [0.15, 0.2) is 0 Å². The molecule has 5 nitrogen and oxygen atoms in total. The minimum Gasteiger partial charge on any atom is -0.462 e. The summed E-state index contributed by atoms with van der Waals surface area (Å²) in [4.78, 5) is 23.3. The van der Waals surface area contributed by atoms with Crippen molar-refractivity contribution in [1.29, 1.82) is 0 Å². The lowest BCUT2D eigenvalue weighted by Gasteiger charge is -2.24. The number of ketones is 1. The number of Topliss-reactive ketones (excluding diaryl/α,β-unsaturated/α-hetero) is 1. The molecule has 0 aliphatic rings. The number of hydrogen-bond acceptors (Lipinski definition) is 5. The molecule has 0 aromatic carbocycles. The number of rotatable bonds is 8. The average molecular weight is 243 g/mol. The number of carbonyl (C=O) groups excluding carboxylic acids is 2. The molecule has 0 aliphatic carbocycles. The van der Waals surface area contributed by atoms with Crippen LogP contribution < -0.4 is 5.73 Å². The Labute approximate surface area is 102 Å². The highest BCUT2D eigenvalue weighted by molar-refractivity contribution is 6.19. The highest BCUT2D eigenvalue weighted by Gasteiger charge is 2.33. The van der Waals surface area contributed by atoms with Gasteiger partial charge in [-0.05, 0) is 33.7 Å². The zero-order valence-corrected chi connectivity index (χ0v) is 10.7. The van der Waals surface area contributed by atoms with Gasteiger partial charge in [0.1, 0.15) is 5.60 Å². The Balaban J connectivity index is 4.45. The highest BCUT2D eigenvalue weighted by atomic mass is 16.5. The maximum atomic E-state index is 11.9. The van der Waals surface area contributed by atoms with Crippen LogP contribution in [0.2, 0.25) is 0 Å². The monoisotopic (exact) mass is 243 g/mol. The van der Waals surface area contributed by atoms with Gasteiger partial charge < -0.3 is 15.2 Å². The summed E-state index contributed by atoms with van der Waals surface area (Å²) in [7, 11) is 0. The molecule has 0 amide bonds. The molecule has 0 unspecified atom stereocenters. The third kappa shape index (κ3) is 5.10. The van der Waals surface area contributed by atoms with E-state index in [1.165, 1.54) is 0 Å². The topological polar surface area (TPSA) is 78.6 Å². The van der Waals surface area contributed by atoms with E-state index in [0.29, 0.717) is 19.6 Å². The summed E-state index contributed by atoms with van der Waals surface area (Å²) < 4.78 is 10.1. The SMILES string of the molecule is C=C(C(=O)OCC)C(=O)C(C)(C)OCCCN. The molecule has 0 bridgehead atoms. The van der Waals surface area contributed by atoms with Gasteiger partial charge in [0.2, 0.25) is 5.78 Å². The van der Waals surface area contributed by atoms with Gasteiger partial charge in [-0.15, -0.1) is 0 Å². The first kappa shape index (κ1) is 15.8. The quantitative estimate of drug-likeness (QED) is 0.224. The normalized spacial score (nSPS) is 11.1. The second kappa shape index (κ2) is 7.19. The standard InChI is InChI=1S/C12H21NO4/c1-5-16-11(15)9(2)10(14)12(3,4)17-8-6-7-13/h2,5-8,13H2,1,3-4H3. The summed E-state index contributed by atoms with van der Waals surface area (Å²) in [5.41, 5.74) is 4.05. The zero-order valence-electron chi connectivity index (χ0n) is 10.7. The van der Waals surface area contributed by atoms with Crippen molar-refractivity contribution in [2.45, 2.75) is 32.8 Å². The molecule has 0 aliphatic heterocycles. The van der Waals surface area contributed by atoms with Crippen molar-refractivity contribution in [1.82, 2.24) is 0 Å². The van der Waals surface area contributed by atoms with Crippen LogP contribution in [0.4, 0.5) is 0 Å². The molecular formula is C12H21NO4. The molecule has 0 aromatic rings. The molecule has 0 heterocycles. The fourth-order valence-electron chi connectivity index (χ4n) is 1.15. The fourth-order valence-corrected chi connectivity index (χ4v) is 1.15.